The molecule has 2 N–H and O–H groups in total. The highest BCUT2D eigenvalue weighted by atomic mass is 16.1. The molecule has 23 heavy (non-hydrogen) atoms. The van der Waals surface area contributed by atoms with Crippen LogP contribution in [0.25, 0.3) is 0 Å². The molecule has 6 nitrogen and oxygen atoms in total. The highest BCUT2D eigenvalue weighted by Gasteiger charge is 2.05. The van der Waals surface area contributed by atoms with Crippen LogP contribution in [0.5, 0.6) is 0 Å². The molecule has 2 aromatic rings. The predicted octanol–water partition coefficient (Wildman–Crippen LogP) is 2.02. The van der Waals surface area contributed by atoms with Crippen molar-refractivity contribution in [1.29, 1.82) is 0 Å². The number of hydrogen-bond acceptors (Lipinski definition) is 5. The van der Waals surface area contributed by atoms with Crippen LogP contribution in [0.15, 0.2) is 42.5 Å². The van der Waals surface area contributed by atoms with Gasteiger partial charge in [-0.05, 0) is 38.2 Å². The van der Waals surface area contributed by atoms with Gasteiger partial charge in [0.05, 0.1) is 0 Å². The van der Waals surface area contributed by atoms with Crippen molar-refractivity contribution in [2.45, 2.75) is 12.8 Å². The predicted molar refractivity (Wildman–Crippen MR) is 92.5 cm³/mol. The first-order valence-electron chi connectivity index (χ1n) is 7.69. The Morgan fingerprint density at radius 2 is 1.74 bits per heavy atom. The van der Waals surface area contributed by atoms with Gasteiger partial charge in [-0.3, -0.25) is 4.79 Å². The molecule has 0 saturated heterocycles. The van der Waals surface area contributed by atoms with E-state index < -0.39 is 0 Å². The maximum atomic E-state index is 11.9. The second-order valence-corrected chi connectivity index (χ2v) is 5.57. The first-order chi connectivity index (χ1) is 11.1. The molecule has 0 spiro atoms. The quantitative estimate of drug-likeness (QED) is 0.780. The standard InChI is InChI=1S/C17H23N5O/c1-22(2)13-12-18-15-9-10-16(21-20-15)19-17(23)11-8-14-6-4-3-5-7-14/h3-7,9-10H,8,11-13H2,1-2H3,(H,18,20)(H,19,21,23). The van der Waals surface area contributed by atoms with Gasteiger partial charge in [0.2, 0.25) is 5.91 Å². The maximum Gasteiger partial charge on any atom is 0.225 e. The van der Waals surface area contributed by atoms with Crippen molar-refractivity contribution in [2.24, 2.45) is 0 Å². The Bertz CT molecular complexity index is 598. The number of nitrogens with one attached hydrogen (secondary N) is 2. The summed E-state index contributed by atoms with van der Waals surface area (Å²) < 4.78 is 0. The Kier molecular flexibility index (Phi) is 6.50. The molecule has 122 valence electrons. The van der Waals surface area contributed by atoms with Crippen LogP contribution < -0.4 is 10.6 Å². The molecule has 0 fully saturated rings. The SMILES string of the molecule is CN(C)CCNc1ccc(NC(=O)CCc2ccccc2)nn1. The van der Waals surface area contributed by atoms with E-state index in [0.29, 0.717) is 24.5 Å². The van der Waals surface area contributed by atoms with Crippen LogP contribution in [0.4, 0.5) is 11.6 Å². The molecular formula is C17H23N5O. The highest BCUT2D eigenvalue weighted by molar-refractivity contribution is 5.89. The summed E-state index contributed by atoms with van der Waals surface area (Å²) in [5.41, 5.74) is 1.15. The largest absolute Gasteiger partial charge is 0.367 e. The zero-order valence-electron chi connectivity index (χ0n) is 13.6. The van der Waals surface area contributed by atoms with E-state index in [2.05, 4.69) is 25.7 Å². The number of likely N-dealkylation sites (N-methyl/N-ethyl adjacent to an activating group) is 1. The molecule has 0 aliphatic heterocycles. The number of anilines is 2. The monoisotopic (exact) mass is 313 g/mol. The zero-order valence-corrected chi connectivity index (χ0v) is 13.6. The molecule has 1 aromatic carbocycles. The lowest BCUT2D eigenvalue weighted by Gasteiger charge is -2.10. The fraction of sp³-hybridized carbons (Fsp3) is 0.353. The van der Waals surface area contributed by atoms with E-state index in [1.54, 1.807) is 6.07 Å². The molecule has 1 aromatic heterocycles. The van der Waals surface area contributed by atoms with Gasteiger partial charge in [-0.15, -0.1) is 10.2 Å². The van der Waals surface area contributed by atoms with E-state index in [1.165, 1.54) is 0 Å². The summed E-state index contributed by atoms with van der Waals surface area (Å²) in [6.45, 7) is 1.71. The highest BCUT2D eigenvalue weighted by Crippen LogP contribution is 2.08. The van der Waals surface area contributed by atoms with E-state index in [-0.39, 0.29) is 5.91 Å². The summed E-state index contributed by atoms with van der Waals surface area (Å²) in [5, 5.41) is 14.0. The molecule has 0 saturated carbocycles. The normalized spacial score (nSPS) is 10.6. The molecule has 6 heteroatoms. The van der Waals surface area contributed by atoms with Crippen LogP contribution in [0.3, 0.4) is 0 Å². The molecular weight excluding hydrogens is 290 g/mol. The molecule has 0 unspecified atom stereocenters. The van der Waals surface area contributed by atoms with E-state index in [0.717, 1.165) is 18.7 Å². The smallest absolute Gasteiger partial charge is 0.225 e. The average molecular weight is 313 g/mol. The number of nitrogens with zero attached hydrogens (tertiary/aromatic N) is 3. The van der Waals surface area contributed by atoms with Gasteiger partial charge >= 0.3 is 0 Å². The lowest BCUT2D eigenvalue weighted by atomic mass is 10.1. The van der Waals surface area contributed by atoms with Crippen LogP contribution in [0.2, 0.25) is 0 Å². The molecule has 0 atom stereocenters. The molecule has 0 bridgehead atoms. The second kappa shape index (κ2) is 8.85. The van der Waals surface area contributed by atoms with Crippen molar-refractivity contribution >= 4 is 17.5 Å². The number of rotatable bonds is 8. The maximum absolute atomic E-state index is 11.9. The number of carbonyl (C=O) groups excluding carboxylic acids is 1. The lowest BCUT2D eigenvalue weighted by molar-refractivity contribution is -0.116. The van der Waals surface area contributed by atoms with Crippen LogP contribution in [-0.4, -0.2) is 48.2 Å². The Morgan fingerprint density at radius 1 is 1.04 bits per heavy atom. The third-order valence-corrected chi connectivity index (χ3v) is 3.28. The number of amides is 1. The Labute approximate surface area is 136 Å². The number of carbonyl (C=O) groups is 1. The summed E-state index contributed by atoms with van der Waals surface area (Å²) in [7, 11) is 4.03. The van der Waals surface area contributed by atoms with Crippen LogP contribution in [-0.2, 0) is 11.2 Å². The molecule has 1 heterocycles. The summed E-state index contributed by atoms with van der Waals surface area (Å²) in [6.07, 6.45) is 1.14. The van der Waals surface area contributed by atoms with Crippen molar-refractivity contribution in [3.8, 4) is 0 Å². The van der Waals surface area contributed by atoms with Crippen LogP contribution in [0.1, 0.15) is 12.0 Å². The topological polar surface area (TPSA) is 70.2 Å². The van der Waals surface area contributed by atoms with Crippen molar-refractivity contribution in [3.63, 3.8) is 0 Å². The fourth-order valence-corrected chi connectivity index (χ4v) is 2.01. The van der Waals surface area contributed by atoms with Gasteiger partial charge < -0.3 is 15.5 Å². The van der Waals surface area contributed by atoms with Gasteiger partial charge in [-0.25, -0.2) is 0 Å². The van der Waals surface area contributed by atoms with Gasteiger partial charge in [-0.2, -0.15) is 0 Å². The summed E-state index contributed by atoms with van der Waals surface area (Å²) in [6, 6.07) is 13.5. The second-order valence-electron chi connectivity index (χ2n) is 5.57. The first-order valence-corrected chi connectivity index (χ1v) is 7.69. The molecule has 1 amide bonds. The third kappa shape index (κ3) is 6.44. The number of benzene rings is 1. The van der Waals surface area contributed by atoms with Crippen molar-refractivity contribution in [1.82, 2.24) is 15.1 Å². The summed E-state index contributed by atoms with van der Waals surface area (Å²) in [4.78, 5) is 14.0. The molecule has 0 radical (unpaired) electrons. The van der Waals surface area contributed by atoms with E-state index in [4.69, 9.17) is 0 Å². The first kappa shape index (κ1) is 16.9. The van der Waals surface area contributed by atoms with Gasteiger partial charge in [0.25, 0.3) is 0 Å². The Balaban J connectivity index is 1.75. The minimum absolute atomic E-state index is 0.0588. The molecule has 0 aliphatic carbocycles. The molecule has 2 rings (SSSR count). The van der Waals surface area contributed by atoms with Gasteiger partial charge in [0.1, 0.15) is 5.82 Å². The summed E-state index contributed by atoms with van der Waals surface area (Å²) in [5.74, 6) is 1.12. The molecule has 0 aliphatic rings. The zero-order chi connectivity index (χ0) is 16.5. The lowest BCUT2D eigenvalue weighted by Crippen LogP contribution is -2.21. The minimum Gasteiger partial charge on any atom is -0.367 e. The van der Waals surface area contributed by atoms with Crippen molar-refractivity contribution in [2.75, 3.05) is 37.8 Å². The average Bonchev–Trinajstić information content (AvgIpc) is 2.55. The van der Waals surface area contributed by atoms with Crippen LogP contribution in [0, 0.1) is 0 Å². The van der Waals surface area contributed by atoms with E-state index in [1.807, 2.05) is 50.5 Å². The number of hydrogen-bond donors (Lipinski definition) is 2. The van der Waals surface area contributed by atoms with Gasteiger partial charge in [0.15, 0.2) is 5.82 Å². The van der Waals surface area contributed by atoms with Gasteiger partial charge in [-0.1, -0.05) is 30.3 Å². The Morgan fingerprint density at radius 3 is 2.39 bits per heavy atom. The number of aromatic nitrogens is 2. The van der Waals surface area contributed by atoms with E-state index in [9.17, 15) is 4.79 Å². The fourth-order valence-electron chi connectivity index (χ4n) is 2.01. The van der Waals surface area contributed by atoms with Crippen molar-refractivity contribution < 1.29 is 4.79 Å². The van der Waals surface area contributed by atoms with Crippen LogP contribution >= 0.6 is 0 Å². The van der Waals surface area contributed by atoms with E-state index >= 15 is 0 Å². The number of aryl methyl sites for hydroxylation is 1. The van der Waals surface area contributed by atoms with Gasteiger partial charge in [0, 0.05) is 19.5 Å². The Hall–Kier alpha value is -2.47. The summed E-state index contributed by atoms with van der Waals surface area (Å²) >= 11 is 0. The van der Waals surface area contributed by atoms with Crippen molar-refractivity contribution in [3.05, 3.63) is 48.0 Å². The minimum atomic E-state index is -0.0588. The third-order valence-electron chi connectivity index (χ3n) is 3.28.